The molecule has 2 aromatic rings. The molecule has 5 nitrogen and oxygen atoms in total. The standard InChI is InChI=1S/C7H9N5/c1-5-4-6-7(10-8)9-2-3-12(6)11-5/h2-4H,8H2,1H3,(H,9,10). The largest absolute Gasteiger partial charge is 0.307 e. The van der Waals surface area contributed by atoms with Gasteiger partial charge in [-0.3, -0.25) is 0 Å². The van der Waals surface area contributed by atoms with Crippen LogP contribution in [0.4, 0.5) is 5.82 Å². The van der Waals surface area contributed by atoms with E-state index in [0.717, 1.165) is 11.2 Å². The van der Waals surface area contributed by atoms with Crippen molar-refractivity contribution in [2.45, 2.75) is 6.92 Å². The van der Waals surface area contributed by atoms with Gasteiger partial charge in [0.2, 0.25) is 0 Å². The van der Waals surface area contributed by atoms with Crippen LogP contribution in [-0.2, 0) is 0 Å². The van der Waals surface area contributed by atoms with Crippen LogP contribution in [-0.4, -0.2) is 14.6 Å². The zero-order chi connectivity index (χ0) is 8.55. The minimum atomic E-state index is 0.637. The van der Waals surface area contributed by atoms with Gasteiger partial charge in [-0.2, -0.15) is 5.10 Å². The molecule has 0 unspecified atom stereocenters. The molecule has 2 aromatic heterocycles. The molecule has 2 rings (SSSR count). The highest BCUT2D eigenvalue weighted by molar-refractivity contribution is 5.66. The molecule has 0 amide bonds. The van der Waals surface area contributed by atoms with E-state index in [9.17, 15) is 0 Å². The first-order valence-corrected chi connectivity index (χ1v) is 3.59. The molecule has 0 aliphatic heterocycles. The quantitative estimate of drug-likeness (QED) is 0.469. The number of aromatic nitrogens is 3. The average Bonchev–Trinajstić information content (AvgIpc) is 2.44. The van der Waals surface area contributed by atoms with Gasteiger partial charge >= 0.3 is 0 Å². The van der Waals surface area contributed by atoms with Gasteiger partial charge in [0, 0.05) is 12.4 Å². The Morgan fingerprint density at radius 1 is 1.58 bits per heavy atom. The molecular formula is C7H9N5. The van der Waals surface area contributed by atoms with Gasteiger partial charge in [0.25, 0.3) is 0 Å². The molecule has 0 atom stereocenters. The van der Waals surface area contributed by atoms with Gasteiger partial charge in [-0.05, 0) is 13.0 Å². The Morgan fingerprint density at radius 3 is 3.17 bits per heavy atom. The van der Waals surface area contributed by atoms with Crippen molar-refractivity contribution >= 4 is 11.3 Å². The highest BCUT2D eigenvalue weighted by Crippen LogP contribution is 2.12. The first-order valence-electron chi connectivity index (χ1n) is 3.59. The van der Waals surface area contributed by atoms with Crippen LogP contribution in [0.15, 0.2) is 18.5 Å². The summed E-state index contributed by atoms with van der Waals surface area (Å²) < 4.78 is 1.73. The van der Waals surface area contributed by atoms with Crippen molar-refractivity contribution in [1.82, 2.24) is 14.6 Å². The topological polar surface area (TPSA) is 68.2 Å². The SMILES string of the molecule is Cc1cc2c(NN)nccn2n1. The number of nitrogens with zero attached hydrogens (tertiary/aromatic N) is 3. The van der Waals surface area contributed by atoms with Crippen LogP contribution in [0.1, 0.15) is 5.69 Å². The van der Waals surface area contributed by atoms with Gasteiger partial charge in [-0.25, -0.2) is 15.3 Å². The van der Waals surface area contributed by atoms with Crippen molar-refractivity contribution in [1.29, 1.82) is 0 Å². The number of fused-ring (bicyclic) bond motifs is 1. The smallest absolute Gasteiger partial charge is 0.166 e. The summed E-state index contributed by atoms with van der Waals surface area (Å²) in [6.07, 6.45) is 3.43. The maximum atomic E-state index is 5.27. The second-order valence-corrected chi connectivity index (χ2v) is 2.54. The van der Waals surface area contributed by atoms with Crippen LogP contribution in [0, 0.1) is 6.92 Å². The lowest BCUT2D eigenvalue weighted by Crippen LogP contribution is -2.09. The summed E-state index contributed by atoms with van der Waals surface area (Å²) in [5.41, 5.74) is 4.34. The lowest BCUT2D eigenvalue weighted by molar-refractivity contribution is 0.922. The molecule has 3 N–H and O–H groups in total. The number of hydrogen-bond acceptors (Lipinski definition) is 4. The maximum Gasteiger partial charge on any atom is 0.166 e. The molecule has 0 spiro atoms. The fourth-order valence-electron chi connectivity index (χ4n) is 1.16. The van der Waals surface area contributed by atoms with Crippen molar-refractivity contribution in [3.8, 4) is 0 Å². The van der Waals surface area contributed by atoms with Crippen molar-refractivity contribution in [3.63, 3.8) is 0 Å². The van der Waals surface area contributed by atoms with Crippen molar-refractivity contribution < 1.29 is 0 Å². The second kappa shape index (κ2) is 2.46. The molecular weight excluding hydrogens is 154 g/mol. The first kappa shape index (κ1) is 7.05. The summed E-state index contributed by atoms with van der Waals surface area (Å²) in [6, 6.07) is 1.92. The average molecular weight is 163 g/mol. The first-order chi connectivity index (χ1) is 5.81. The summed E-state index contributed by atoms with van der Waals surface area (Å²) in [6.45, 7) is 1.92. The predicted molar refractivity (Wildman–Crippen MR) is 45.5 cm³/mol. The number of nitrogens with one attached hydrogen (secondary N) is 1. The van der Waals surface area contributed by atoms with Crippen LogP contribution >= 0.6 is 0 Å². The Morgan fingerprint density at radius 2 is 2.42 bits per heavy atom. The second-order valence-electron chi connectivity index (χ2n) is 2.54. The van der Waals surface area contributed by atoms with E-state index >= 15 is 0 Å². The molecule has 0 aliphatic carbocycles. The Labute approximate surface area is 69.2 Å². The van der Waals surface area contributed by atoms with E-state index in [1.165, 1.54) is 0 Å². The molecule has 0 saturated heterocycles. The molecule has 12 heavy (non-hydrogen) atoms. The van der Waals surface area contributed by atoms with E-state index in [0.29, 0.717) is 5.82 Å². The van der Waals surface area contributed by atoms with Gasteiger partial charge in [-0.1, -0.05) is 0 Å². The van der Waals surface area contributed by atoms with Crippen LogP contribution in [0.3, 0.4) is 0 Å². The van der Waals surface area contributed by atoms with E-state index in [2.05, 4.69) is 15.5 Å². The Bertz CT molecular complexity index is 405. The van der Waals surface area contributed by atoms with Gasteiger partial charge in [0.15, 0.2) is 5.82 Å². The van der Waals surface area contributed by atoms with E-state index in [1.54, 1.807) is 16.9 Å². The normalized spacial score (nSPS) is 10.5. The van der Waals surface area contributed by atoms with Gasteiger partial charge in [-0.15, -0.1) is 0 Å². The zero-order valence-corrected chi connectivity index (χ0v) is 6.65. The molecule has 0 aliphatic rings. The number of rotatable bonds is 1. The summed E-state index contributed by atoms with van der Waals surface area (Å²) >= 11 is 0. The molecule has 5 heteroatoms. The van der Waals surface area contributed by atoms with Gasteiger partial charge < -0.3 is 5.43 Å². The van der Waals surface area contributed by atoms with Crippen LogP contribution in [0.5, 0.6) is 0 Å². The molecule has 0 radical (unpaired) electrons. The summed E-state index contributed by atoms with van der Waals surface area (Å²) in [5, 5.41) is 4.20. The summed E-state index contributed by atoms with van der Waals surface area (Å²) in [5.74, 6) is 5.91. The number of hydrogen-bond donors (Lipinski definition) is 2. The van der Waals surface area contributed by atoms with E-state index in [1.807, 2.05) is 13.0 Å². The minimum Gasteiger partial charge on any atom is -0.307 e. The number of anilines is 1. The Kier molecular flexibility index (Phi) is 1.44. The van der Waals surface area contributed by atoms with Crippen molar-refractivity contribution in [2.24, 2.45) is 5.84 Å². The fourth-order valence-corrected chi connectivity index (χ4v) is 1.16. The van der Waals surface area contributed by atoms with E-state index in [4.69, 9.17) is 5.84 Å². The lowest BCUT2D eigenvalue weighted by Gasteiger charge is -1.98. The molecule has 0 bridgehead atoms. The number of hydrazine groups is 1. The Hall–Kier alpha value is -1.62. The molecule has 2 heterocycles. The zero-order valence-electron chi connectivity index (χ0n) is 6.65. The van der Waals surface area contributed by atoms with Crippen LogP contribution in [0.2, 0.25) is 0 Å². The highest BCUT2D eigenvalue weighted by Gasteiger charge is 2.02. The maximum absolute atomic E-state index is 5.27. The van der Waals surface area contributed by atoms with E-state index in [-0.39, 0.29) is 0 Å². The monoisotopic (exact) mass is 163 g/mol. The predicted octanol–water partition coefficient (Wildman–Crippen LogP) is 0.323. The Balaban J connectivity index is 2.78. The summed E-state index contributed by atoms with van der Waals surface area (Å²) in [7, 11) is 0. The number of nitrogens with two attached hydrogens (primary N) is 1. The van der Waals surface area contributed by atoms with Crippen molar-refractivity contribution in [2.75, 3.05) is 5.43 Å². The lowest BCUT2D eigenvalue weighted by atomic mass is 10.4. The number of nitrogen functional groups attached to an aromatic ring is 1. The van der Waals surface area contributed by atoms with Crippen molar-refractivity contribution in [3.05, 3.63) is 24.2 Å². The van der Waals surface area contributed by atoms with Gasteiger partial charge in [0.1, 0.15) is 5.52 Å². The summed E-state index contributed by atoms with van der Waals surface area (Å²) in [4.78, 5) is 4.04. The molecule has 0 aromatic carbocycles. The number of aryl methyl sites for hydroxylation is 1. The third-order valence-corrected chi connectivity index (χ3v) is 1.65. The molecule has 0 fully saturated rings. The van der Waals surface area contributed by atoms with Gasteiger partial charge in [0.05, 0.1) is 5.69 Å². The third-order valence-electron chi connectivity index (χ3n) is 1.65. The molecule has 0 saturated carbocycles. The minimum absolute atomic E-state index is 0.637. The fraction of sp³-hybridized carbons (Fsp3) is 0.143. The molecule has 62 valence electrons. The highest BCUT2D eigenvalue weighted by atomic mass is 15.3. The third kappa shape index (κ3) is 0.911. The van der Waals surface area contributed by atoms with E-state index < -0.39 is 0 Å². The van der Waals surface area contributed by atoms with Crippen LogP contribution < -0.4 is 11.3 Å². The van der Waals surface area contributed by atoms with Crippen LogP contribution in [0.25, 0.3) is 5.52 Å².